The molecule has 1 heterocycles. The second kappa shape index (κ2) is 9.43. The van der Waals surface area contributed by atoms with Gasteiger partial charge in [-0.15, -0.1) is 0 Å². The number of ether oxygens (including phenoxy) is 2. The number of amides is 1. The minimum atomic E-state index is -1.09. The van der Waals surface area contributed by atoms with Crippen LogP contribution in [0.5, 0.6) is 11.5 Å². The van der Waals surface area contributed by atoms with E-state index < -0.39 is 12.6 Å². The van der Waals surface area contributed by atoms with Gasteiger partial charge in [-0.3, -0.25) is 9.69 Å². The van der Waals surface area contributed by atoms with E-state index in [1.54, 1.807) is 18.2 Å². The number of carboxylic acid groups (broad SMARTS) is 1. The molecule has 0 aliphatic carbocycles. The fraction of sp³-hybridized carbons (Fsp3) is 0.150. The summed E-state index contributed by atoms with van der Waals surface area (Å²) in [5.41, 5.74) is 1.40. The number of anilines is 1. The first-order valence-electron chi connectivity index (χ1n) is 8.54. The summed E-state index contributed by atoms with van der Waals surface area (Å²) in [6, 6.07) is 12.5. The molecule has 1 N–H and O–H groups in total. The summed E-state index contributed by atoms with van der Waals surface area (Å²) in [4.78, 5) is 25.7. The lowest BCUT2D eigenvalue weighted by Gasteiger charge is -2.14. The SMILES string of the molecule is CCOc1cc(/C=C2/SC(=S)N(c3ccccc3)C2=O)c(Br)cc1OCC(=O)O. The van der Waals surface area contributed by atoms with Gasteiger partial charge in [0.2, 0.25) is 0 Å². The van der Waals surface area contributed by atoms with E-state index >= 15 is 0 Å². The number of aliphatic carboxylic acids is 1. The Labute approximate surface area is 185 Å². The quantitative estimate of drug-likeness (QED) is 0.441. The molecule has 1 saturated heterocycles. The van der Waals surface area contributed by atoms with Gasteiger partial charge in [-0.25, -0.2) is 4.79 Å². The number of carbonyl (C=O) groups excluding carboxylic acids is 1. The van der Waals surface area contributed by atoms with Crippen LogP contribution < -0.4 is 14.4 Å². The lowest BCUT2D eigenvalue weighted by molar-refractivity contribution is -0.139. The number of benzene rings is 2. The molecule has 0 saturated carbocycles. The fourth-order valence-corrected chi connectivity index (χ4v) is 4.32. The zero-order valence-electron chi connectivity index (χ0n) is 15.3. The summed E-state index contributed by atoms with van der Waals surface area (Å²) in [5.74, 6) is -0.601. The molecule has 3 rings (SSSR count). The smallest absolute Gasteiger partial charge is 0.341 e. The van der Waals surface area contributed by atoms with Crippen LogP contribution in [0.15, 0.2) is 51.8 Å². The predicted octanol–water partition coefficient (Wildman–Crippen LogP) is 4.72. The molecule has 0 unspecified atom stereocenters. The molecule has 0 bridgehead atoms. The van der Waals surface area contributed by atoms with Crippen LogP contribution in [0.1, 0.15) is 12.5 Å². The molecule has 6 nitrogen and oxygen atoms in total. The number of rotatable bonds is 7. The van der Waals surface area contributed by atoms with Crippen molar-refractivity contribution in [3.8, 4) is 11.5 Å². The third-order valence-electron chi connectivity index (χ3n) is 3.81. The summed E-state index contributed by atoms with van der Waals surface area (Å²) < 4.78 is 12.0. The van der Waals surface area contributed by atoms with Crippen molar-refractivity contribution >= 4 is 67.9 Å². The fourth-order valence-electron chi connectivity index (χ4n) is 2.59. The first-order valence-corrected chi connectivity index (χ1v) is 10.6. The molecule has 1 aliphatic heterocycles. The minimum absolute atomic E-state index is 0.206. The van der Waals surface area contributed by atoms with Gasteiger partial charge in [-0.2, -0.15) is 0 Å². The molecule has 0 spiro atoms. The molecule has 2 aromatic carbocycles. The van der Waals surface area contributed by atoms with Gasteiger partial charge in [0.05, 0.1) is 17.2 Å². The van der Waals surface area contributed by atoms with Crippen LogP contribution in [0.3, 0.4) is 0 Å². The largest absolute Gasteiger partial charge is 0.490 e. The van der Waals surface area contributed by atoms with E-state index in [2.05, 4.69) is 15.9 Å². The molecule has 29 heavy (non-hydrogen) atoms. The molecular weight excluding hydrogens is 478 g/mol. The van der Waals surface area contributed by atoms with Gasteiger partial charge >= 0.3 is 5.97 Å². The molecule has 2 aromatic rings. The third-order valence-corrected chi connectivity index (χ3v) is 5.80. The predicted molar refractivity (Wildman–Crippen MR) is 121 cm³/mol. The number of nitrogens with zero attached hydrogens (tertiary/aromatic N) is 1. The standard InChI is InChI=1S/C20H16BrNO5S2/c1-2-26-15-8-12(14(21)10-16(15)27-11-18(23)24)9-17-19(25)22(20(28)29-17)13-6-4-3-5-7-13/h3-10H,2,11H2,1H3,(H,23,24)/b17-9+. The maximum atomic E-state index is 12.9. The summed E-state index contributed by atoms with van der Waals surface area (Å²) in [6.45, 7) is 1.70. The summed E-state index contributed by atoms with van der Waals surface area (Å²) in [6.07, 6.45) is 1.72. The van der Waals surface area contributed by atoms with Crippen molar-refractivity contribution in [3.05, 3.63) is 57.4 Å². The van der Waals surface area contributed by atoms with Crippen LogP contribution in [0.25, 0.3) is 6.08 Å². The lowest BCUT2D eigenvalue weighted by atomic mass is 10.1. The van der Waals surface area contributed by atoms with Crippen LogP contribution in [-0.2, 0) is 9.59 Å². The van der Waals surface area contributed by atoms with Crippen molar-refractivity contribution in [1.82, 2.24) is 0 Å². The van der Waals surface area contributed by atoms with E-state index in [9.17, 15) is 9.59 Å². The van der Waals surface area contributed by atoms with Gasteiger partial charge < -0.3 is 14.6 Å². The van der Waals surface area contributed by atoms with Crippen LogP contribution >= 0.6 is 39.9 Å². The molecule has 0 atom stereocenters. The van der Waals surface area contributed by atoms with Crippen molar-refractivity contribution in [2.45, 2.75) is 6.92 Å². The maximum Gasteiger partial charge on any atom is 0.341 e. The molecular formula is C20H16BrNO5S2. The van der Waals surface area contributed by atoms with E-state index in [0.29, 0.717) is 43.1 Å². The number of carbonyl (C=O) groups is 2. The van der Waals surface area contributed by atoms with Gasteiger partial charge in [-0.1, -0.05) is 58.1 Å². The van der Waals surface area contributed by atoms with Crippen molar-refractivity contribution < 1.29 is 24.2 Å². The Morgan fingerprint density at radius 1 is 1.24 bits per heavy atom. The zero-order valence-corrected chi connectivity index (χ0v) is 18.5. The first-order chi connectivity index (χ1) is 13.9. The average Bonchev–Trinajstić information content (AvgIpc) is 2.97. The van der Waals surface area contributed by atoms with Crippen LogP contribution in [0.4, 0.5) is 5.69 Å². The highest BCUT2D eigenvalue weighted by Crippen LogP contribution is 2.39. The Morgan fingerprint density at radius 3 is 2.59 bits per heavy atom. The molecule has 9 heteroatoms. The van der Waals surface area contributed by atoms with Gasteiger partial charge in [0.15, 0.2) is 22.4 Å². The van der Waals surface area contributed by atoms with Crippen LogP contribution in [0.2, 0.25) is 0 Å². The Morgan fingerprint density at radius 2 is 1.93 bits per heavy atom. The Hall–Kier alpha value is -2.36. The first kappa shape index (κ1) is 21.4. The Bertz CT molecular complexity index is 994. The molecule has 0 aromatic heterocycles. The van der Waals surface area contributed by atoms with Crippen molar-refractivity contribution in [2.75, 3.05) is 18.1 Å². The van der Waals surface area contributed by atoms with Crippen LogP contribution in [-0.4, -0.2) is 34.5 Å². The number of para-hydroxylation sites is 1. The number of hydrogen-bond donors (Lipinski definition) is 1. The highest BCUT2D eigenvalue weighted by atomic mass is 79.9. The number of hydrogen-bond acceptors (Lipinski definition) is 6. The normalized spacial score (nSPS) is 15.1. The van der Waals surface area contributed by atoms with E-state index in [0.717, 1.165) is 0 Å². The van der Waals surface area contributed by atoms with E-state index in [1.807, 2.05) is 37.3 Å². The monoisotopic (exact) mass is 493 g/mol. The van der Waals surface area contributed by atoms with Gasteiger partial charge in [0.1, 0.15) is 0 Å². The number of thiocarbonyl (C=S) groups is 1. The second-order valence-electron chi connectivity index (χ2n) is 5.79. The average molecular weight is 494 g/mol. The third kappa shape index (κ3) is 4.98. The molecule has 1 amide bonds. The Kier molecular flexibility index (Phi) is 6.94. The van der Waals surface area contributed by atoms with Gasteiger partial charge in [0, 0.05) is 4.47 Å². The highest BCUT2D eigenvalue weighted by molar-refractivity contribution is 9.10. The zero-order chi connectivity index (χ0) is 21.0. The Balaban J connectivity index is 1.93. The highest BCUT2D eigenvalue weighted by Gasteiger charge is 2.33. The molecule has 150 valence electrons. The molecule has 1 aliphatic rings. The number of thioether (sulfide) groups is 1. The van der Waals surface area contributed by atoms with Crippen molar-refractivity contribution in [1.29, 1.82) is 0 Å². The van der Waals surface area contributed by atoms with E-state index in [-0.39, 0.29) is 5.91 Å². The van der Waals surface area contributed by atoms with Crippen LogP contribution in [0, 0.1) is 0 Å². The summed E-state index contributed by atoms with van der Waals surface area (Å²) in [5, 5.41) is 8.84. The minimum Gasteiger partial charge on any atom is -0.490 e. The maximum absolute atomic E-state index is 12.9. The number of halogens is 1. The topological polar surface area (TPSA) is 76.1 Å². The van der Waals surface area contributed by atoms with Crippen molar-refractivity contribution in [3.63, 3.8) is 0 Å². The summed E-state index contributed by atoms with van der Waals surface area (Å²) >= 11 is 10.1. The number of carboxylic acids is 1. The van der Waals surface area contributed by atoms with Gasteiger partial charge in [-0.05, 0) is 42.8 Å². The van der Waals surface area contributed by atoms with E-state index in [1.165, 1.54) is 16.7 Å². The van der Waals surface area contributed by atoms with Crippen molar-refractivity contribution in [2.24, 2.45) is 0 Å². The molecule has 0 radical (unpaired) electrons. The van der Waals surface area contributed by atoms with E-state index in [4.69, 9.17) is 26.8 Å². The second-order valence-corrected chi connectivity index (χ2v) is 8.32. The summed E-state index contributed by atoms with van der Waals surface area (Å²) in [7, 11) is 0. The lowest BCUT2D eigenvalue weighted by Crippen LogP contribution is -2.27. The van der Waals surface area contributed by atoms with Gasteiger partial charge in [0.25, 0.3) is 5.91 Å². The molecule has 1 fully saturated rings.